The van der Waals surface area contributed by atoms with E-state index in [-0.39, 0.29) is 0 Å². The highest BCUT2D eigenvalue weighted by molar-refractivity contribution is 5.70. The molecule has 0 unspecified atom stereocenters. The smallest absolute Gasteiger partial charge is 0.283 e. The highest BCUT2D eigenvalue weighted by atomic mass is 15.1. The summed E-state index contributed by atoms with van der Waals surface area (Å²) in [5, 5.41) is 9.01. The molecule has 100 valence electrons. The molecular formula is C17H18N3+. The van der Waals surface area contributed by atoms with Gasteiger partial charge in [0.25, 0.3) is 5.69 Å². The Bertz CT molecular complexity index is 662. The monoisotopic (exact) mass is 264 g/mol. The van der Waals surface area contributed by atoms with Crippen molar-refractivity contribution in [1.82, 2.24) is 0 Å². The van der Waals surface area contributed by atoms with Crippen molar-refractivity contribution in [2.75, 3.05) is 19.0 Å². The number of aromatic nitrogens is 1. The quantitative estimate of drug-likeness (QED) is 0.798. The van der Waals surface area contributed by atoms with Gasteiger partial charge in [0.15, 0.2) is 12.3 Å². The second kappa shape index (κ2) is 6.03. The van der Waals surface area contributed by atoms with Crippen molar-refractivity contribution in [1.29, 1.82) is 5.26 Å². The van der Waals surface area contributed by atoms with E-state index in [4.69, 9.17) is 5.26 Å². The predicted octanol–water partition coefficient (Wildman–Crippen LogP) is 2.62. The summed E-state index contributed by atoms with van der Waals surface area (Å²) in [6.07, 6.45) is 5.97. The molecule has 0 aliphatic carbocycles. The maximum atomic E-state index is 9.01. The van der Waals surface area contributed by atoms with Gasteiger partial charge in [-0.15, -0.1) is 0 Å². The van der Waals surface area contributed by atoms with E-state index in [0.29, 0.717) is 5.69 Å². The first kappa shape index (κ1) is 13.8. The summed E-state index contributed by atoms with van der Waals surface area (Å²) in [6, 6.07) is 14.4. The molecular weight excluding hydrogens is 246 g/mol. The van der Waals surface area contributed by atoms with E-state index in [1.807, 2.05) is 50.1 Å². The second-order valence-electron chi connectivity index (χ2n) is 4.89. The molecule has 2 rings (SSSR count). The highest BCUT2D eigenvalue weighted by Gasteiger charge is 2.04. The molecule has 3 heteroatoms. The zero-order valence-corrected chi connectivity index (χ0v) is 12.0. The second-order valence-corrected chi connectivity index (χ2v) is 4.89. The fourth-order valence-electron chi connectivity index (χ4n) is 1.88. The van der Waals surface area contributed by atoms with Gasteiger partial charge in [-0.05, 0) is 23.3 Å². The molecule has 0 saturated heterocycles. The third-order valence-corrected chi connectivity index (χ3v) is 3.17. The van der Waals surface area contributed by atoms with Crippen LogP contribution in [0, 0.1) is 11.3 Å². The van der Waals surface area contributed by atoms with Crippen LogP contribution < -0.4 is 9.47 Å². The molecule has 0 bridgehead atoms. The number of pyridine rings is 1. The lowest BCUT2D eigenvalue weighted by Gasteiger charge is -2.11. The van der Waals surface area contributed by atoms with E-state index in [2.05, 4.69) is 41.3 Å². The molecule has 2 aromatic rings. The fourth-order valence-corrected chi connectivity index (χ4v) is 1.88. The lowest BCUT2D eigenvalue weighted by Crippen LogP contribution is -2.31. The minimum absolute atomic E-state index is 0.648. The summed E-state index contributed by atoms with van der Waals surface area (Å²) in [4.78, 5) is 2.07. The van der Waals surface area contributed by atoms with Gasteiger partial charge in [0.2, 0.25) is 0 Å². The molecule has 0 radical (unpaired) electrons. The zero-order chi connectivity index (χ0) is 14.5. The number of rotatable bonds is 3. The van der Waals surface area contributed by atoms with Crippen LogP contribution in [-0.4, -0.2) is 14.1 Å². The number of aryl methyl sites for hydroxylation is 1. The van der Waals surface area contributed by atoms with E-state index in [9.17, 15) is 0 Å². The van der Waals surface area contributed by atoms with Crippen LogP contribution in [0.25, 0.3) is 12.2 Å². The Hall–Kier alpha value is -2.60. The van der Waals surface area contributed by atoms with Crippen LogP contribution in [0.2, 0.25) is 0 Å². The summed E-state index contributed by atoms with van der Waals surface area (Å²) in [7, 11) is 5.92. The zero-order valence-electron chi connectivity index (χ0n) is 12.0. The number of hydrogen-bond donors (Lipinski definition) is 0. The molecule has 20 heavy (non-hydrogen) atoms. The molecule has 1 aromatic heterocycles. The number of nitriles is 1. The molecule has 0 amide bonds. The number of anilines is 1. The van der Waals surface area contributed by atoms with Gasteiger partial charge in [-0.25, -0.2) is 0 Å². The molecule has 0 atom stereocenters. The van der Waals surface area contributed by atoms with E-state index in [1.165, 1.54) is 5.69 Å². The lowest BCUT2D eigenvalue weighted by atomic mass is 10.1. The van der Waals surface area contributed by atoms with Gasteiger partial charge in [0.1, 0.15) is 7.05 Å². The van der Waals surface area contributed by atoms with E-state index in [0.717, 1.165) is 11.1 Å². The van der Waals surface area contributed by atoms with Crippen molar-refractivity contribution in [3.05, 3.63) is 59.4 Å². The summed E-state index contributed by atoms with van der Waals surface area (Å²) in [6.45, 7) is 0. The number of benzene rings is 1. The Labute approximate surface area is 120 Å². The summed E-state index contributed by atoms with van der Waals surface area (Å²) >= 11 is 0. The Morgan fingerprint density at radius 1 is 1.05 bits per heavy atom. The molecule has 0 fully saturated rings. The summed E-state index contributed by atoms with van der Waals surface area (Å²) in [5.74, 6) is 0. The van der Waals surface area contributed by atoms with Crippen molar-refractivity contribution < 1.29 is 4.57 Å². The normalized spacial score (nSPS) is 10.5. The molecule has 0 saturated carbocycles. The first-order valence-electron chi connectivity index (χ1n) is 6.45. The minimum Gasteiger partial charge on any atom is -0.378 e. The van der Waals surface area contributed by atoms with Gasteiger partial charge in [0, 0.05) is 31.9 Å². The topological polar surface area (TPSA) is 30.9 Å². The van der Waals surface area contributed by atoms with Gasteiger partial charge in [0.05, 0.1) is 0 Å². The van der Waals surface area contributed by atoms with Crippen LogP contribution in [-0.2, 0) is 7.05 Å². The Morgan fingerprint density at radius 3 is 2.30 bits per heavy atom. The highest BCUT2D eigenvalue weighted by Crippen LogP contribution is 2.14. The SMILES string of the molecule is CN(C)c1ccc(/C=C/c2cc[n+](C)c(C#N)c2)cc1. The van der Waals surface area contributed by atoms with Gasteiger partial charge in [-0.1, -0.05) is 24.3 Å². The predicted molar refractivity (Wildman–Crippen MR) is 82.0 cm³/mol. The molecule has 3 nitrogen and oxygen atoms in total. The maximum Gasteiger partial charge on any atom is 0.283 e. The molecule has 1 heterocycles. The Kier molecular flexibility index (Phi) is 4.17. The van der Waals surface area contributed by atoms with Crippen molar-refractivity contribution in [2.24, 2.45) is 7.05 Å². The first-order chi connectivity index (χ1) is 9.60. The molecule has 0 aliphatic heterocycles. The average molecular weight is 264 g/mol. The van der Waals surface area contributed by atoms with E-state index < -0.39 is 0 Å². The largest absolute Gasteiger partial charge is 0.378 e. The number of hydrogen-bond acceptors (Lipinski definition) is 2. The summed E-state index contributed by atoms with van der Waals surface area (Å²) in [5.41, 5.74) is 3.99. The maximum absolute atomic E-state index is 9.01. The molecule has 0 aliphatic rings. The average Bonchev–Trinajstić information content (AvgIpc) is 2.46. The summed E-state index contributed by atoms with van der Waals surface area (Å²) < 4.78 is 1.81. The molecule has 0 spiro atoms. The van der Waals surface area contributed by atoms with Gasteiger partial charge in [-0.2, -0.15) is 9.83 Å². The first-order valence-corrected chi connectivity index (χ1v) is 6.45. The fraction of sp³-hybridized carbons (Fsp3) is 0.176. The molecule has 0 N–H and O–H groups in total. The third kappa shape index (κ3) is 3.24. The van der Waals surface area contributed by atoms with Gasteiger partial charge in [-0.3, -0.25) is 0 Å². The number of nitrogens with zero attached hydrogens (tertiary/aromatic N) is 3. The van der Waals surface area contributed by atoms with Crippen LogP contribution in [0.4, 0.5) is 5.69 Å². The van der Waals surface area contributed by atoms with Crippen molar-refractivity contribution in [3.8, 4) is 6.07 Å². The van der Waals surface area contributed by atoms with Crippen molar-refractivity contribution >= 4 is 17.8 Å². The third-order valence-electron chi connectivity index (χ3n) is 3.17. The standard InChI is InChI=1S/C17H18N3/c1-19(2)16-8-6-14(7-9-16)4-5-15-10-11-20(3)17(12-15)13-18/h4-12H,1-3H3/q+1. The van der Waals surface area contributed by atoms with E-state index in [1.54, 1.807) is 0 Å². The van der Waals surface area contributed by atoms with Crippen molar-refractivity contribution in [3.63, 3.8) is 0 Å². The van der Waals surface area contributed by atoms with Crippen LogP contribution in [0.3, 0.4) is 0 Å². The van der Waals surface area contributed by atoms with Crippen LogP contribution in [0.15, 0.2) is 42.6 Å². The Morgan fingerprint density at radius 2 is 1.70 bits per heavy atom. The van der Waals surface area contributed by atoms with Gasteiger partial charge >= 0.3 is 0 Å². The van der Waals surface area contributed by atoms with Crippen LogP contribution >= 0.6 is 0 Å². The van der Waals surface area contributed by atoms with Crippen LogP contribution in [0.1, 0.15) is 16.8 Å². The minimum atomic E-state index is 0.648. The van der Waals surface area contributed by atoms with Crippen molar-refractivity contribution in [2.45, 2.75) is 0 Å². The molecule has 1 aromatic carbocycles. The van der Waals surface area contributed by atoms with Gasteiger partial charge < -0.3 is 4.90 Å². The van der Waals surface area contributed by atoms with E-state index >= 15 is 0 Å². The Balaban J connectivity index is 2.19. The van der Waals surface area contributed by atoms with Crippen LogP contribution in [0.5, 0.6) is 0 Å². The lowest BCUT2D eigenvalue weighted by molar-refractivity contribution is -0.674.